The van der Waals surface area contributed by atoms with Gasteiger partial charge < -0.3 is 15.6 Å². The van der Waals surface area contributed by atoms with Crippen molar-refractivity contribution in [3.8, 4) is 0 Å². The monoisotopic (exact) mass is 161 g/mol. The van der Waals surface area contributed by atoms with Gasteiger partial charge in [-0.05, 0) is 13.8 Å². The molecule has 0 aliphatic heterocycles. The van der Waals surface area contributed by atoms with E-state index < -0.39 is 12.0 Å². The quantitative estimate of drug-likeness (QED) is 0.604. The first-order chi connectivity index (χ1) is 5.07. The molecule has 4 nitrogen and oxygen atoms in total. The van der Waals surface area contributed by atoms with Gasteiger partial charge in [-0.2, -0.15) is 0 Å². The summed E-state index contributed by atoms with van der Waals surface area (Å²) < 4.78 is 5.12. The van der Waals surface area contributed by atoms with E-state index in [4.69, 9.17) is 15.6 Å². The molecule has 0 radical (unpaired) electrons. The summed E-state index contributed by atoms with van der Waals surface area (Å²) >= 11 is 0. The molecule has 0 saturated heterocycles. The Hall–Kier alpha value is -0.610. The number of carboxylic acids is 1. The van der Waals surface area contributed by atoms with Crippen molar-refractivity contribution >= 4 is 5.97 Å². The van der Waals surface area contributed by atoms with E-state index in [1.54, 1.807) is 6.92 Å². The Morgan fingerprint density at radius 3 is 2.64 bits per heavy atom. The largest absolute Gasteiger partial charge is 0.481 e. The summed E-state index contributed by atoms with van der Waals surface area (Å²) in [5.74, 6) is -0.885. The van der Waals surface area contributed by atoms with Crippen LogP contribution in [0.25, 0.3) is 0 Å². The number of carboxylic acid groups (broad SMARTS) is 1. The maximum absolute atomic E-state index is 10.2. The second-order valence-electron chi connectivity index (χ2n) is 2.42. The Balaban J connectivity index is 3.63. The van der Waals surface area contributed by atoms with E-state index >= 15 is 0 Å². The summed E-state index contributed by atoms with van der Waals surface area (Å²) in [5, 5.41) is 8.37. The minimum Gasteiger partial charge on any atom is -0.481 e. The average Bonchev–Trinajstić information content (AvgIpc) is 1.86. The van der Waals surface area contributed by atoms with Crippen LogP contribution < -0.4 is 5.73 Å². The van der Waals surface area contributed by atoms with Crippen molar-refractivity contribution in [3.63, 3.8) is 0 Å². The van der Waals surface area contributed by atoms with Crippen molar-refractivity contribution < 1.29 is 14.6 Å². The number of ether oxygens (including phenoxy) is 1. The van der Waals surface area contributed by atoms with E-state index in [-0.39, 0.29) is 12.5 Å². The molecule has 0 aromatic heterocycles. The van der Waals surface area contributed by atoms with Gasteiger partial charge in [-0.25, -0.2) is 0 Å². The van der Waals surface area contributed by atoms with Gasteiger partial charge in [0.15, 0.2) is 0 Å². The molecule has 0 rings (SSSR count). The second-order valence-corrected chi connectivity index (χ2v) is 2.42. The lowest BCUT2D eigenvalue weighted by molar-refractivity contribution is -0.138. The van der Waals surface area contributed by atoms with E-state index in [0.29, 0.717) is 6.61 Å². The molecular weight excluding hydrogens is 146 g/mol. The van der Waals surface area contributed by atoms with Gasteiger partial charge in [0.2, 0.25) is 0 Å². The third kappa shape index (κ3) is 4.75. The Morgan fingerprint density at radius 2 is 2.27 bits per heavy atom. The molecule has 4 heteroatoms. The maximum atomic E-state index is 10.2. The van der Waals surface area contributed by atoms with Gasteiger partial charge in [0.1, 0.15) is 0 Å². The average molecular weight is 161 g/mol. The van der Waals surface area contributed by atoms with E-state index in [2.05, 4.69) is 0 Å². The van der Waals surface area contributed by atoms with Crippen LogP contribution in [-0.2, 0) is 9.53 Å². The Bertz CT molecular complexity index is 127. The molecule has 0 amide bonds. The van der Waals surface area contributed by atoms with E-state index in [1.165, 1.54) is 0 Å². The Kier molecular flexibility index (Phi) is 4.81. The fourth-order valence-electron chi connectivity index (χ4n) is 0.754. The van der Waals surface area contributed by atoms with Crippen molar-refractivity contribution in [1.29, 1.82) is 0 Å². The summed E-state index contributed by atoms with van der Waals surface area (Å²) in [6, 6.07) is -0.410. The first kappa shape index (κ1) is 10.4. The number of hydrogen-bond acceptors (Lipinski definition) is 3. The normalized spacial score (nSPS) is 15.9. The lowest BCUT2D eigenvalue weighted by Gasteiger charge is -2.17. The topological polar surface area (TPSA) is 72.5 Å². The van der Waals surface area contributed by atoms with Crippen LogP contribution >= 0.6 is 0 Å². The van der Waals surface area contributed by atoms with Gasteiger partial charge in [-0.15, -0.1) is 0 Å². The number of nitrogens with two attached hydrogens (primary N) is 1. The number of rotatable bonds is 5. The smallest absolute Gasteiger partial charge is 0.305 e. The molecule has 0 aliphatic rings. The summed E-state index contributed by atoms with van der Waals surface area (Å²) in [5.41, 5.74) is 5.50. The first-order valence-corrected chi connectivity index (χ1v) is 3.67. The van der Waals surface area contributed by atoms with Gasteiger partial charge in [-0.1, -0.05) is 0 Å². The lowest BCUT2D eigenvalue weighted by Crippen LogP contribution is -2.36. The van der Waals surface area contributed by atoms with Crippen LogP contribution in [0.4, 0.5) is 0 Å². The van der Waals surface area contributed by atoms with Gasteiger partial charge >= 0.3 is 5.97 Å². The summed E-state index contributed by atoms with van der Waals surface area (Å²) in [6.45, 7) is 4.19. The molecule has 0 aromatic rings. The van der Waals surface area contributed by atoms with Gasteiger partial charge in [0.25, 0.3) is 0 Å². The van der Waals surface area contributed by atoms with Gasteiger partial charge in [0.05, 0.1) is 12.5 Å². The van der Waals surface area contributed by atoms with Crippen molar-refractivity contribution in [2.75, 3.05) is 6.61 Å². The third-order valence-corrected chi connectivity index (χ3v) is 1.44. The van der Waals surface area contributed by atoms with Crippen LogP contribution in [0.1, 0.15) is 20.3 Å². The zero-order valence-corrected chi connectivity index (χ0v) is 6.91. The molecule has 0 spiro atoms. The first-order valence-electron chi connectivity index (χ1n) is 3.67. The van der Waals surface area contributed by atoms with Crippen LogP contribution in [0, 0.1) is 0 Å². The van der Waals surface area contributed by atoms with E-state index in [9.17, 15) is 4.79 Å². The molecule has 0 heterocycles. The Labute approximate surface area is 66.3 Å². The van der Waals surface area contributed by atoms with Crippen molar-refractivity contribution in [2.24, 2.45) is 5.73 Å². The van der Waals surface area contributed by atoms with Crippen LogP contribution in [0.3, 0.4) is 0 Å². The maximum Gasteiger partial charge on any atom is 0.305 e. The number of hydrogen-bond donors (Lipinski definition) is 2. The highest BCUT2D eigenvalue weighted by Crippen LogP contribution is 1.99. The molecule has 0 bridgehead atoms. The van der Waals surface area contributed by atoms with Gasteiger partial charge in [0, 0.05) is 12.6 Å². The van der Waals surface area contributed by atoms with Crippen LogP contribution in [0.5, 0.6) is 0 Å². The molecule has 66 valence electrons. The predicted octanol–water partition coefficient (Wildman–Crippen LogP) is 0.213. The zero-order chi connectivity index (χ0) is 8.85. The summed E-state index contributed by atoms with van der Waals surface area (Å²) in [4.78, 5) is 10.2. The summed E-state index contributed by atoms with van der Waals surface area (Å²) in [6.07, 6.45) is -0.225. The predicted molar refractivity (Wildman–Crippen MR) is 41.3 cm³/mol. The molecule has 11 heavy (non-hydrogen) atoms. The van der Waals surface area contributed by atoms with Crippen LogP contribution in [0.15, 0.2) is 0 Å². The minimum atomic E-state index is -0.885. The van der Waals surface area contributed by atoms with Crippen molar-refractivity contribution in [3.05, 3.63) is 0 Å². The third-order valence-electron chi connectivity index (χ3n) is 1.44. The fraction of sp³-hybridized carbons (Fsp3) is 0.857. The second kappa shape index (κ2) is 5.09. The molecule has 0 saturated carbocycles. The highest BCUT2D eigenvalue weighted by molar-refractivity contribution is 5.67. The number of carbonyl (C=O) groups is 1. The number of aliphatic carboxylic acids is 1. The van der Waals surface area contributed by atoms with Crippen LogP contribution in [-0.4, -0.2) is 29.8 Å². The fourth-order valence-corrected chi connectivity index (χ4v) is 0.754. The molecule has 0 fully saturated rings. The van der Waals surface area contributed by atoms with Gasteiger partial charge in [-0.3, -0.25) is 4.79 Å². The standard InChI is InChI=1S/C7H15NO3/c1-3-11-5(2)6(8)4-7(9)10/h5-6H,3-4,8H2,1-2H3,(H,9,10). The van der Waals surface area contributed by atoms with E-state index in [1.807, 2.05) is 6.92 Å². The SMILES string of the molecule is CCOC(C)C(N)CC(=O)O. The zero-order valence-electron chi connectivity index (χ0n) is 6.91. The molecule has 0 aliphatic carbocycles. The minimum absolute atomic E-state index is 0.0405. The molecule has 2 unspecified atom stereocenters. The molecule has 3 N–H and O–H groups in total. The van der Waals surface area contributed by atoms with Crippen molar-refractivity contribution in [1.82, 2.24) is 0 Å². The molecular formula is C7H15NO3. The molecule has 0 aromatic carbocycles. The summed E-state index contributed by atoms with van der Waals surface area (Å²) in [7, 11) is 0. The lowest BCUT2D eigenvalue weighted by atomic mass is 10.1. The van der Waals surface area contributed by atoms with E-state index in [0.717, 1.165) is 0 Å². The highest BCUT2D eigenvalue weighted by atomic mass is 16.5. The highest BCUT2D eigenvalue weighted by Gasteiger charge is 2.15. The molecule has 2 atom stereocenters. The Morgan fingerprint density at radius 1 is 1.73 bits per heavy atom. The van der Waals surface area contributed by atoms with Crippen LogP contribution in [0.2, 0.25) is 0 Å². The van der Waals surface area contributed by atoms with Crippen molar-refractivity contribution in [2.45, 2.75) is 32.4 Å².